The van der Waals surface area contributed by atoms with Gasteiger partial charge in [-0.05, 0) is 70.3 Å². The predicted octanol–water partition coefficient (Wildman–Crippen LogP) is 11.7. The van der Waals surface area contributed by atoms with Crippen molar-refractivity contribution in [2.75, 3.05) is 0 Å². The topological polar surface area (TPSA) is 18.1 Å². The van der Waals surface area contributed by atoms with Crippen LogP contribution in [-0.4, -0.2) is 4.57 Å². The lowest BCUT2D eigenvalue weighted by Crippen LogP contribution is -1.97. The van der Waals surface area contributed by atoms with Crippen molar-refractivity contribution < 1.29 is 4.42 Å². The molecule has 2 aromatic heterocycles. The highest BCUT2D eigenvalue weighted by Crippen LogP contribution is 2.39. The van der Waals surface area contributed by atoms with Crippen LogP contribution in [0.1, 0.15) is 0 Å². The zero-order chi connectivity index (χ0) is 29.0. The first-order valence-electron chi connectivity index (χ1n) is 15.0. The maximum Gasteiger partial charge on any atom is 0.135 e. The molecule has 9 aromatic rings. The zero-order valence-electron chi connectivity index (χ0n) is 23.9. The van der Waals surface area contributed by atoms with E-state index in [1.165, 1.54) is 55.2 Å². The summed E-state index contributed by atoms with van der Waals surface area (Å²) in [7, 11) is 0. The number of nitrogens with zero attached hydrogens (tertiary/aromatic N) is 1. The Balaban J connectivity index is 1.23. The highest BCUT2D eigenvalue weighted by atomic mass is 16.3. The average Bonchev–Trinajstić information content (AvgIpc) is 3.63. The minimum Gasteiger partial charge on any atom is -0.456 e. The van der Waals surface area contributed by atoms with E-state index in [1.807, 2.05) is 12.1 Å². The standard InChI is InChI=1S/C42H27NO/c1-2-11-28(12-3-1)31-21-23-35-34-16-5-8-19-39(34)43(40(35)27-31)38-18-7-4-15-33(38)32-14-10-13-29(25-32)30-22-24-42-37(26-30)36-17-6-9-20-41(36)44-42/h1-27H. The fourth-order valence-corrected chi connectivity index (χ4v) is 6.72. The minimum absolute atomic E-state index is 0.915. The summed E-state index contributed by atoms with van der Waals surface area (Å²) in [6, 6.07) is 58.6. The number of aromatic nitrogens is 1. The maximum absolute atomic E-state index is 6.10. The number of hydrogen-bond donors (Lipinski definition) is 0. The second kappa shape index (κ2) is 9.86. The molecule has 0 atom stereocenters. The van der Waals surface area contributed by atoms with Crippen molar-refractivity contribution in [2.24, 2.45) is 0 Å². The van der Waals surface area contributed by atoms with Crippen LogP contribution < -0.4 is 0 Å². The molecule has 0 amide bonds. The van der Waals surface area contributed by atoms with Crippen molar-refractivity contribution in [3.05, 3.63) is 164 Å². The van der Waals surface area contributed by atoms with Crippen molar-refractivity contribution in [2.45, 2.75) is 0 Å². The Bertz CT molecular complexity index is 2500. The lowest BCUT2D eigenvalue weighted by molar-refractivity contribution is 0.669. The molecule has 0 saturated carbocycles. The van der Waals surface area contributed by atoms with Crippen LogP contribution in [0.3, 0.4) is 0 Å². The summed E-state index contributed by atoms with van der Waals surface area (Å²) in [6.07, 6.45) is 0. The first-order valence-corrected chi connectivity index (χ1v) is 15.0. The molecule has 44 heavy (non-hydrogen) atoms. The smallest absolute Gasteiger partial charge is 0.135 e. The second-order valence-electron chi connectivity index (χ2n) is 11.4. The van der Waals surface area contributed by atoms with Crippen LogP contribution in [0.4, 0.5) is 0 Å². The predicted molar refractivity (Wildman–Crippen MR) is 184 cm³/mol. The van der Waals surface area contributed by atoms with Crippen LogP contribution in [0.2, 0.25) is 0 Å². The Hall–Kier alpha value is -5.86. The van der Waals surface area contributed by atoms with Gasteiger partial charge in [-0.25, -0.2) is 0 Å². The Morgan fingerprint density at radius 3 is 1.91 bits per heavy atom. The number of hydrogen-bond acceptors (Lipinski definition) is 1. The Morgan fingerprint density at radius 1 is 0.341 bits per heavy atom. The van der Waals surface area contributed by atoms with Crippen molar-refractivity contribution in [3.8, 4) is 39.1 Å². The Labute approximate surface area is 255 Å². The molecule has 0 fully saturated rings. The molecule has 0 aliphatic rings. The van der Waals surface area contributed by atoms with Gasteiger partial charge in [0.15, 0.2) is 0 Å². The molecule has 0 unspecified atom stereocenters. The number of furan rings is 1. The molecule has 2 heterocycles. The fourth-order valence-electron chi connectivity index (χ4n) is 6.72. The lowest BCUT2D eigenvalue weighted by Gasteiger charge is -2.15. The lowest BCUT2D eigenvalue weighted by atomic mass is 9.97. The third-order valence-electron chi connectivity index (χ3n) is 8.81. The van der Waals surface area contributed by atoms with Crippen molar-refractivity contribution in [3.63, 3.8) is 0 Å². The Morgan fingerprint density at radius 2 is 0.977 bits per heavy atom. The van der Waals surface area contributed by atoms with Crippen molar-refractivity contribution in [1.29, 1.82) is 0 Å². The van der Waals surface area contributed by atoms with E-state index < -0.39 is 0 Å². The van der Waals surface area contributed by atoms with Gasteiger partial charge in [-0.1, -0.05) is 121 Å². The summed E-state index contributed by atoms with van der Waals surface area (Å²) in [6.45, 7) is 0. The van der Waals surface area contributed by atoms with E-state index in [0.717, 1.165) is 27.6 Å². The molecule has 0 aliphatic carbocycles. The van der Waals surface area contributed by atoms with E-state index in [-0.39, 0.29) is 0 Å². The van der Waals surface area contributed by atoms with Gasteiger partial charge >= 0.3 is 0 Å². The van der Waals surface area contributed by atoms with Crippen LogP contribution in [0.25, 0.3) is 82.8 Å². The third-order valence-corrected chi connectivity index (χ3v) is 8.81. The first-order chi connectivity index (χ1) is 21.8. The van der Waals surface area contributed by atoms with Gasteiger partial charge in [0.1, 0.15) is 11.2 Å². The molecule has 0 N–H and O–H groups in total. The molecule has 0 spiro atoms. The van der Waals surface area contributed by atoms with Crippen LogP contribution in [0.5, 0.6) is 0 Å². The highest BCUT2D eigenvalue weighted by Gasteiger charge is 2.17. The van der Waals surface area contributed by atoms with Gasteiger partial charge in [-0.3, -0.25) is 0 Å². The normalized spacial score (nSPS) is 11.6. The summed E-state index contributed by atoms with van der Waals surface area (Å²) in [5, 5.41) is 4.80. The van der Waals surface area contributed by atoms with Gasteiger partial charge in [-0.15, -0.1) is 0 Å². The Kier molecular flexibility index (Phi) is 5.54. The number of rotatable bonds is 4. The molecule has 0 aliphatic heterocycles. The van der Waals surface area contributed by atoms with Gasteiger partial charge in [0.05, 0.1) is 16.7 Å². The molecule has 206 valence electrons. The molecule has 0 bridgehead atoms. The number of para-hydroxylation sites is 3. The van der Waals surface area contributed by atoms with Gasteiger partial charge in [0.2, 0.25) is 0 Å². The van der Waals surface area contributed by atoms with Crippen molar-refractivity contribution in [1.82, 2.24) is 4.57 Å². The molecule has 0 radical (unpaired) electrons. The first kappa shape index (κ1) is 24.7. The molecular weight excluding hydrogens is 534 g/mol. The van der Waals surface area contributed by atoms with Crippen LogP contribution in [-0.2, 0) is 0 Å². The van der Waals surface area contributed by atoms with Crippen LogP contribution in [0, 0.1) is 0 Å². The molecule has 0 saturated heterocycles. The average molecular weight is 562 g/mol. The largest absolute Gasteiger partial charge is 0.456 e. The van der Waals surface area contributed by atoms with E-state index in [2.05, 4.69) is 156 Å². The van der Waals surface area contributed by atoms with E-state index in [4.69, 9.17) is 4.42 Å². The van der Waals surface area contributed by atoms with Crippen LogP contribution in [0.15, 0.2) is 168 Å². The van der Waals surface area contributed by atoms with E-state index >= 15 is 0 Å². The minimum atomic E-state index is 0.915. The van der Waals surface area contributed by atoms with Gasteiger partial charge in [0, 0.05) is 27.1 Å². The molecule has 7 aromatic carbocycles. The van der Waals surface area contributed by atoms with Gasteiger partial charge in [-0.2, -0.15) is 0 Å². The van der Waals surface area contributed by atoms with E-state index in [0.29, 0.717) is 0 Å². The maximum atomic E-state index is 6.10. The third kappa shape index (κ3) is 3.89. The summed E-state index contributed by atoms with van der Waals surface area (Å²) in [4.78, 5) is 0. The summed E-state index contributed by atoms with van der Waals surface area (Å²) >= 11 is 0. The zero-order valence-corrected chi connectivity index (χ0v) is 23.9. The quantitative estimate of drug-likeness (QED) is 0.209. The summed E-state index contributed by atoms with van der Waals surface area (Å²) in [5.74, 6) is 0. The van der Waals surface area contributed by atoms with Gasteiger partial charge < -0.3 is 8.98 Å². The van der Waals surface area contributed by atoms with Crippen molar-refractivity contribution >= 4 is 43.7 Å². The van der Waals surface area contributed by atoms with Gasteiger partial charge in [0.25, 0.3) is 0 Å². The molecule has 9 rings (SSSR count). The highest BCUT2D eigenvalue weighted by molar-refractivity contribution is 6.11. The summed E-state index contributed by atoms with van der Waals surface area (Å²) < 4.78 is 8.53. The molecule has 2 heteroatoms. The molecular formula is C42H27NO. The number of benzene rings is 7. The second-order valence-corrected chi connectivity index (χ2v) is 11.4. The van der Waals surface area contributed by atoms with Crippen LogP contribution >= 0.6 is 0 Å². The fraction of sp³-hybridized carbons (Fsp3) is 0. The van der Waals surface area contributed by atoms with E-state index in [1.54, 1.807) is 0 Å². The SMILES string of the molecule is c1ccc(-c2ccc3c4ccccc4n(-c4ccccc4-c4cccc(-c5ccc6oc7ccccc7c6c5)c4)c3c2)cc1. The summed E-state index contributed by atoms with van der Waals surface area (Å²) in [5.41, 5.74) is 12.6. The molecule has 2 nitrogen and oxygen atoms in total. The monoisotopic (exact) mass is 561 g/mol. The van der Waals surface area contributed by atoms with E-state index in [9.17, 15) is 0 Å². The number of fused-ring (bicyclic) bond motifs is 6.